The molecular weight excluding hydrogens is 284 g/mol. The number of nitrogens with one attached hydrogen (secondary N) is 1. The summed E-state index contributed by atoms with van der Waals surface area (Å²) in [6.07, 6.45) is 4.81. The minimum atomic E-state index is -0.287. The van der Waals surface area contributed by atoms with Crippen molar-refractivity contribution in [3.05, 3.63) is 59.2 Å². The van der Waals surface area contributed by atoms with Gasteiger partial charge >= 0.3 is 0 Å². The van der Waals surface area contributed by atoms with Gasteiger partial charge < -0.3 is 10.2 Å². The van der Waals surface area contributed by atoms with E-state index < -0.39 is 0 Å². The van der Waals surface area contributed by atoms with Crippen LogP contribution in [0.5, 0.6) is 0 Å². The van der Waals surface area contributed by atoms with Gasteiger partial charge in [-0.05, 0) is 61.4 Å². The van der Waals surface area contributed by atoms with Crippen molar-refractivity contribution in [2.24, 2.45) is 0 Å². The van der Waals surface area contributed by atoms with Crippen LogP contribution in [0.1, 0.15) is 42.5 Å². The van der Waals surface area contributed by atoms with Crippen molar-refractivity contribution in [1.82, 2.24) is 0 Å². The Balaban J connectivity index is 1.79. The van der Waals surface area contributed by atoms with Crippen LogP contribution in [-0.2, 0) is 17.6 Å². The normalized spacial score (nSPS) is 19.8. The van der Waals surface area contributed by atoms with Crippen molar-refractivity contribution >= 4 is 17.3 Å². The third-order valence-corrected chi connectivity index (χ3v) is 5.01. The Morgan fingerprint density at radius 2 is 1.78 bits per heavy atom. The lowest BCUT2D eigenvalue weighted by atomic mass is 9.89. The first kappa shape index (κ1) is 14.3. The Hall–Kier alpha value is -2.29. The van der Waals surface area contributed by atoms with E-state index in [9.17, 15) is 4.79 Å². The Bertz CT molecular complexity index is 739. The molecule has 118 valence electrons. The highest BCUT2D eigenvalue weighted by atomic mass is 16.2. The van der Waals surface area contributed by atoms with Crippen molar-refractivity contribution in [2.75, 3.05) is 16.8 Å². The van der Waals surface area contributed by atoms with Crippen LogP contribution in [0.25, 0.3) is 0 Å². The second kappa shape index (κ2) is 5.73. The van der Waals surface area contributed by atoms with E-state index in [1.807, 2.05) is 35.2 Å². The zero-order valence-electron chi connectivity index (χ0n) is 13.5. The van der Waals surface area contributed by atoms with E-state index in [-0.39, 0.29) is 11.9 Å². The molecule has 2 aliphatic rings. The number of fused-ring (bicyclic) bond motifs is 2. The average Bonchev–Trinajstić information content (AvgIpc) is 2.60. The van der Waals surface area contributed by atoms with Crippen LogP contribution in [-0.4, -0.2) is 12.5 Å². The molecule has 23 heavy (non-hydrogen) atoms. The second-order valence-electron chi connectivity index (χ2n) is 6.42. The summed E-state index contributed by atoms with van der Waals surface area (Å²) in [5.74, 6) is 0.141. The minimum Gasteiger partial charge on any atom is -0.368 e. The van der Waals surface area contributed by atoms with Crippen molar-refractivity contribution < 1.29 is 4.79 Å². The van der Waals surface area contributed by atoms with Gasteiger partial charge in [-0.25, -0.2) is 0 Å². The lowest BCUT2D eigenvalue weighted by Crippen LogP contribution is -2.42. The van der Waals surface area contributed by atoms with Crippen LogP contribution in [0.3, 0.4) is 0 Å². The highest BCUT2D eigenvalue weighted by Gasteiger charge is 2.33. The van der Waals surface area contributed by atoms with Gasteiger partial charge in [-0.15, -0.1) is 0 Å². The Morgan fingerprint density at radius 1 is 1.09 bits per heavy atom. The van der Waals surface area contributed by atoms with Crippen LogP contribution in [0.4, 0.5) is 11.4 Å². The molecule has 0 saturated carbocycles. The minimum absolute atomic E-state index is 0.141. The number of aryl methyl sites for hydroxylation is 2. The largest absolute Gasteiger partial charge is 0.368 e. The molecule has 0 radical (unpaired) electrons. The molecule has 0 bridgehead atoms. The summed E-state index contributed by atoms with van der Waals surface area (Å²) in [6.45, 7) is 2.75. The van der Waals surface area contributed by atoms with Crippen LogP contribution in [0, 0.1) is 0 Å². The zero-order valence-corrected chi connectivity index (χ0v) is 13.5. The Labute approximate surface area is 137 Å². The van der Waals surface area contributed by atoms with Gasteiger partial charge in [-0.1, -0.05) is 30.3 Å². The van der Waals surface area contributed by atoms with Gasteiger partial charge in [0.25, 0.3) is 5.91 Å². The fourth-order valence-electron chi connectivity index (χ4n) is 3.80. The average molecular weight is 306 g/mol. The van der Waals surface area contributed by atoms with Gasteiger partial charge in [0.2, 0.25) is 0 Å². The van der Waals surface area contributed by atoms with Gasteiger partial charge in [-0.3, -0.25) is 4.79 Å². The van der Waals surface area contributed by atoms with E-state index in [0.717, 1.165) is 29.8 Å². The molecule has 1 N–H and O–H groups in total. The van der Waals surface area contributed by atoms with Gasteiger partial charge in [0.1, 0.15) is 6.04 Å². The number of anilines is 2. The quantitative estimate of drug-likeness (QED) is 0.906. The van der Waals surface area contributed by atoms with Gasteiger partial charge in [0.05, 0.1) is 11.4 Å². The van der Waals surface area contributed by atoms with Crippen molar-refractivity contribution in [1.29, 1.82) is 0 Å². The Morgan fingerprint density at radius 3 is 2.48 bits per heavy atom. The van der Waals surface area contributed by atoms with Crippen LogP contribution in [0.15, 0.2) is 42.5 Å². The van der Waals surface area contributed by atoms with Crippen molar-refractivity contribution in [3.8, 4) is 0 Å². The number of hydrogen-bond donors (Lipinski definition) is 1. The number of carbonyl (C=O) groups is 1. The monoisotopic (exact) mass is 306 g/mol. The number of benzene rings is 2. The molecule has 2 aromatic carbocycles. The fraction of sp³-hybridized carbons (Fsp3) is 0.350. The maximum atomic E-state index is 13.0. The summed E-state index contributed by atoms with van der Waals surface area (Å²) in [5, 5.41) is 3.49. The lowest BCUT2D eigenvalue weighted by molar-refractivity contribution is -0.119. The van der Waals surface area contributed by atoms with E-state index in [1.54, 1.807) is 0 Å². The summed E-state index contributed by atoms with van der Waals surface area (Å²) < 4.78 is 0. The number of hydrogen-bond acceptors (Lipinski definition) is 2. The van der Waals surface area contributed by atoms with E-state index in [4.69, 9.17) is 0 Å². The maximum absolute atomic E-state index is 13.0. The number of amides is 1. The highest BCUT2D eigenvalue weighted by Crippen LogP contribution is 2.40. The molecule has 1 aliphatic heterocycles. The molecule has 3 heteroatoms. The van der Waals surface area contributed by atoms with E-state index in [2.05, 4.69) is 24.4 Å². The number of carbonyl (C=O) groups excluding carboxylic acids is 1. The third-order valence-electron chi connectivity index (χ3n) is 5.01. The molecule has 4 rings (SSSR count). The molecule has 1 unspecified atom stereocenters. The van der Waals surface area contributed by atoms with Crippen LogP contribution >= 0.6 is 0 Å². The fourth-order valence-corrected chi connectivity index (χ4v) is 3.80. The summed E-state index contributed by atoms with van der Waals surface area (Å²) in [6, 6.07) is 14.2. The van der Waals surface area contributed by atoms with Crippen molar-refractivity contribution in [3.63, 3.8) is 0 Å². The standard InChI is InChI=1S/C20H22N2O/c1-2-22-18-13-16-11-7-6-10-15(16)12-17(18)21-19(20(22)23)14-8-4-3-5-9-14/h3-5,8-9,12-13,19,21H,2,6-7,10-11H2,1H3. The molecule has 2 aromatic rings. The topological polar surface area (TPSA) is 32.3 Å². The van der Waals surface area contributed by atoms with Gasteiger partial charge in [0.15, 0.2) is 0 Å². The molecule has 1 heterocycles. The molecule has 1 atom stereocenters. The lowest BCUT2D eigenvalue weighted by Gasteiger charge is -2.36. The predicted molar refractivity (Wildman–Crippen MR) is 93.9 cm³/mol. The molecule has 0 fully saturated rings. The predicted octanol–water partition coefficient (Wildman–Crippen LogP) is 4.09. The van der Waals surface area contributed by atoms with Crippen molar-refractivity contribution in [2.45, 2.75) is 38.6 Å². The third kappa shape index (κ3) is 2.40. The molecular formula is C20H22N2O. The van der Waals surface area contributed by atoms with E-state index in [0.29, 0.717) is 6.54 Å². The van der Waals surface area contributed by atoms with Crippen LogP contribution in [0.2, 0.25) is 0 Å². The summed E-state index contributed by atoms with van der Waals surface area (Å²) in [7, 11) is 0. The summed E-state index contributed by atoms with van der Waals surface area (Å²) in [4.78, 5) is 14.9. The number of rotatable bonds is 2. The van der Waals surface area contributed by atoms with E-state index in [1.165, 1.54) is 24.0 Å². The first-order valence-corrected chi connectivity index (χ1v) is 8.56. The SMILES string of the molecule is CCN1C(=O)C(c2ccccc2)Nc2cc3c(cc21)CCCC3. The first-order chi connectivity index (χ1) is 11.3. The molecule has 0 saturated heterocycles. The Kier molecular flexibility index (Phi) is 3.56. The maximum Gasteiger partial charge on any atom is 0.254 e. The molecule has 0 aromatic heterocycles. The molecule has 1 amide bonds. The van der Waals surface area contributed by atoms with Crippen LogP contribution < -0.4 is 10.2 Å². The summed E-state index contributed by atoms with van der Waals surface area (Å²) >= 11 is 0. The number of likely N-dealkylation sites (N-methyl/N-ethyl adjacent to an activating group) is 1. The van der Waals surface area contributed by atoms with Gasteiger partial charge in [0, 0.05) is 6.54 Å². The summed E-state index contributed by atoms with van der Waals surface area (Å²) in [5.41, 5.74) is 6.03. The highest BCUT2D eigenvalue weighted by molar-refractivity contribution is 6.05. The van der Waals surface area contributed by atoms with Gasteiger partial charge in [-0.2, -0.15) is 0 Å². The molecule has 0 spiro atoms. The first-order valence-electron chi connectivity index (χ1n) is 8.56. The number of nitrogens with zero attached hydrogens (tertiary/aromatic N) is 1. The van der Waals surface area contributed by atoms with E-state index >= 15 is 0 Å². The zero-order chi connectivity index (χ0) is 15.8. The molecule has 3 nitrogen and oxygen atoms in total. The second-order valence-corrected chi connectivity index (χ2v) is 6.42. The molecule has 1 aliphatic carbocycles. The smallest absolute Gasteiger partial charge is 0.254 e.